The summed E-state index contributed by atoms with van der Waals surface area (Å²) in [5.74, 6) is 0.267. The van der Waals surface area contributed by atoms with Gasteiger partial charge in [0.15, 0.2) is 0 Å². The summed E-state index contributed by atoms with van der Waals surface area (Å²) in [6, 6.07) is 14.0. The van der Waals surface area contributed by atoms with E-state index in [1.54, 1.807) is 12.1 Å². The van der Waals surface area contributed by atoms with Crippen molar-refractivity contribution >= 4 is 11.6 Å². The molecule has 0 unspecified atom stereocenters. The maximum atomic E-state index is 14.2. The Morgan fingerprint density at radius 2 is 1.72 bits per heavy atom. The van der Waals surface area contributed by atoms with Crippen LogP contribution >= 0.6 is 0 Å². The minimum absolute atomic E-state index is 0.128. The van der Waals surface area contributed by atoms with Crippen molar-refractivity contribution in [3.63, 3.8) is 0 Å². The number of nitrogens with zero attached hydrogens (tertiary/aromatic N) is 2. The Hall–Kier alpha value is -2.20. The fourth-order valence-corrected chi connectivity index (χ4v) is 5.26. The lowest BCUT2D eigenvalue weighted by molar-refractivity contribution is -0.119. The lowest BCUT2D eigenvalue weighted by Crippen LogP contribution is -2.45. The molecule has 2 aromatic rings. The van der Waals surface area contributed by atoms with Gasteiger partial charge in [-0.05, 0) is 72.2 Å². The SMILES string of the molecule is CC(C)CC(=O)N1CC2(CCN(Cc3ccc(C(C)(C)C)cc3)CC2)c2cc(F)ccc21. The summed E-state index contributed by atoms with van der Waals surface area (Å²) in [5, 5.41) is 0. The molecule has 4 rings (SSSR count). The molecule has 2 aromatic carbocycles. The van der Waals surface area contributed by atoms with Gasteiger partial charge in [0.25, 0.3) is 0 Å². The quantitative estimate of drug-likeness (QED) is 0.582. The largest absolute Gasteiger partial charge is 0.311 e. The molecule has 0 aliphatic carbocycles. The van der Waals surface area contributed by atoms with Gasteiger partial charge >= 0.3 is 0 Å². The molecule has 4 heteroatoms. The number of rotatable bonds is 4. The summed E-state index contributed by atoms with van der Waals surface area (Å²) in [5.41, 5.74) is 4.68. The van der Waals surface area contributed by atoms with Crippen LogP contribution in [0.25, 0.3) is 0 Å². The first kappa shape index (κ1) is 23.0. The van der Waals surface area contributed by atoms with Crippen LogP contribution in [-0.2, 0) is 22.2 Å². The van der Waals surface area contributed by atoms with E-state index < -0.39 is 0 Å². The van der Waals surface area contributed by atoms with Gasteiger partial charge in [0.05, 0.1) is 0 Å². The lowest BCUT2D eigenvalue weighted by Gasteiger charge is -2.40. The monoisotopic (exact) mass is 436 g/mol. The van der Waals surface area contributed by atoms with Gasteiger partial charge in [0.1, 0.15) is 5.82 Å². The molecule has 2 heterocycles. The number of carbonyl (C=O) groups excluding carboxylic acids is 1. The standard InChI is InChI=1S/C28H37FN2O/c1-20(2)16-26(32)31-19-28(24-17-23(29)10-11-25(24)31)12-14-30(15-13-28)18-21-6-8-22(9-7-21)27(3,4)5/h6-11,17,20H,12-16,18-19H2,1-5H3. The zero-order valence-electron chi connectivity index (χ0n) is 20.2. The highest BCUT2D eigenvalue weighted by Crippen LogP contribution is 2.47. The minimum Gasteiger partial charge on any atom is -0.311 e. The van der Waals surface area contributed by atoms with Crippen LogP contribution in [0.4, 0.5) is 10.1 Å². The van der Waals surface area contributed by atoms with Gasteiger partial charge in [-0.2, -0.15) is 0 Å². The van der Waals surface area contributed by atoms with E-state index in [9.17, 15) is 9.18 Å². The number of anilines is 1. The van der Waals surface area contributed by atoms with E-state index >= 15 is 0 Å². The van der Waals surface area contributed by atoms with Crippen LogP contribution in [-0.4, -0.2) is 30.4 Å². The van der Waals surface area contributed by atoms with Crippen molar-refractivity contribution in [2.45, 2.75) is 71.3 Å². The normalized spacial score (nSPS) is 18.4. The van der Waals surface area contributed by atoms with Crippen molar-refractivity contribution < 1.29 is 9.18 Å². The number of benzene rings is 2. The Bertz CT molecular complexity index is 966. The average Bonchev–Trinajstić information content (AvgIpc) is 3.03. The van der Waals surface area contributed by atoms with Gasteiger partial charge in [-0.1, -0.05) is 58.9 Å². The second-order valence-corrected chi connectivity index (χ2v) is 11.2. The summed E-state index contributed by atoms with van der Waals surface area (Å²) in [4.78, 5) is 17.4. The van der Waals surface area contributed by atoms with Crippen LogP contribution in [0.1, 0.15) is 70.6 Å². The Morgan fingerprint density at radius 1 is 1.06 bits per heavy atom. The van der Waals surface area contributed by atoms with Gasteiger partial charge in [0, 0.05) is 30.6 Å². The van der Waals surface area contributed by atoms with Crippen LogP contribution < -0.4 is 4.90 Å². The van der Waals surface area contributed by atoms with Crippen LogP contribution in [0.3, 0.4) is 0 Å². The smallest absolute Gasteiger partial charge is 0.227 e. The van der Waals surface area contributed by atoms with Gasteiger partial charge in [-0.25, -0.2) is 4.39 Å². The molecule has 1 saturated heterocycles. The number of piperidine rings is 1. The van der Waals surface area contributed by atoms with E-state index in [1.807, 2.05) is 4.90 Å². The predicted molar refractivity (Wildman–Crippen MR) is 130 cm³/mol. The summed E-state index contributed by atoms with van der Waals surface area (Å²) < 4.78 is 14.2. The molecular formula is C28H37FN2O. The summed E-state index contributed by atoms with van der Waals surface area (Å²) in [7, 11) is 0. The van der Waals surface area contributed by atoms with E-state index in [-0.39, 0.29) is 22.6 Å². The molecule has 32 heavy (non-hydrogen) atoms. The third-order valence-corrected chi connectivity index (χ3v) is 7.20. The fourth-order valence-electron chi connectivity index (χ4n) is 5.26. The number of carbonyl (C=O) groups is 1. The molecule has 0 saturated carbocycles. The minimum atomic E-state index is -0.206. The first-order chi connectivity index (χ1) is 15.1. The van der Waals surface area contributed by atoms with Gasteiger partial charge < -0.3 is 4.90 Å². The summed E-state index contributed by atoms with van der Waals surface area (Å²) in [6.45, 7) is 14.4. The van der Waals surface area contributed by atoms with Crippen LogP contribution in [0, 0.1) is 11.7 Å². The van der Waals surface area contributed by atoms with Gasteiger partial charge in [-0.3, -0.25) is 9.69 Å². The average molecular weight is 437 g/mol. The highest BCUT2D eigenvalue weighted by molar-refractivity contribution is 5.96. The molecule has 2 aliphatic heterocycles. The highest BCUT2D eigenvalue weighted by atomic mass is 19.1. The molecular weight excluding hydrogens is 399 g/mol. The second kappa shape index (κ2) is 8.62. The van der Waals surface area contributed by atoms with Crippen molar-refractivity contribution in [1.82, 2.24) is 4.90 Å². The molecule has 172 valence electrons. The van der Waals surface area contributed by atoms with Crippen LogP contribution in [0.5, 0.6) is 0 Å². The summed E-state index contributed by atoms with van der Waals surface area (Å²) >= 11 is 0. The lowest BCUT2D eigenvalue weighted by atomic mass is 9.74. The van der Waals surface area contributed by atoms with Crippen LogP contribution in [0.2, 0.25) is 0 Å². The molecule has 0 atom stereocenters. The molecule has 0 bridgehead atoms. The highest BCUT2D eigenvalue weighted by Gasteiger charge is 2.46. The molecule has 0 radical (unpaired) electrons. The summed E-state index contributed by atoms with van der Waals surface area (Å²) in [6.07, 6.45) is 2.44. The number of likely N-dealkylation sites (tertiary alicyclic amines) is 1. The van der Waals surface area contributed by atoms with Gasteiger partial charge in [-0.15, -0.1) is 0 Å². The van der Waals surface area contributed by atoms with E-state index in [2.05, 4.69) is 63.8 Å². The zero-order valence-corrected chi connectivity index (χ0v) is 20.2. The number of halogens is 1. The van der Waals surface area contributed by atoms with E-state index in [0.717, 1.165) is 43.7 Å². The van der Waals surface area contributed by atoms with E-state index in [1.165, 1.54) is 17.2 Å². The number of hydrogen-bond donors (Lipinski definition) is 0. The third-order valence-electron chi connectivity index (χ3n) is 7.20. The zero-order chi connectivity index (χ0) is 23.1. The molecule has 0 N–H and O–H groups in total. The van der Waals surface area contributed by atoms with Gasteiger partial charge in [0.2, 0.25) is 5.91 Å². The predicted octanol–water partition coefficient (Wildman–Crippen LogP) is 6.05. The third kappa shape index (κ3) is 4.61. The first-order valence-corrected chi connectivity index (χ1v) is 12.0. The number of fused-ring (bicyclic) bond motifs is 2. The topological polar surface area (TPSA) is 23.6 Å². The van der Waals surface area contributed by atoms with Crippen LogP contribution in [0.15, 0.2) is 42.5 Å². The Kier molecular flexibility index (Phi) is 6.19. The van der Waals surface area contributed by atoms with Crippen molar-refractivity contribution in [1.29, 1.82) is 0 Å². The Labute approximate surface area is 192 Å². The van der Waals surface area contributed by atoms with Crippen molar-refractivity contribution in [2.24, 2.45) is 5.92 Å². The first-order valence-electron chi connectivity index (χ1n) is 12.0. The van der Waals surface area contributed by atoms with E-state index in [0.29, 0.717) is 18.9 Å². The fraction of sp³-hybridized carbons (Fsp3) is 0.536. The maximum Gasteiger partial charge on any atom is 0.227 e. The molecule has 1 amide bonds. The molecule has 0 aromatic heterocycles. The molecule has 1 fully saturated rings. The molecule has 1 spiro atoms. The van der Waals surface area contributed by atoms with Crippen molar-refractivity contribution in [3.05, 3.63) is 65.0 Å². The van der Waals surface area contributed by atoms with E-state index in [4.69, 9.17) is 0 Å². The molecule has 2 aliphatic rings. The van der Waals surface area contributed by atoms with Crippen molar-refractivity contribution in [3.8, 4) is 0 Å². The van der Waals surface area contributed by atoms with Crippen molar-refractivity contribution in [2.75, 3.05) is 24.5 Å². The number of hydrogen-bond acceptors (Lipinski definition) is 2. The Balaban J connectivity index is 1.47. The number of amides is 1. The Morgan fingerprint density at radius 3 is 2.31 bits per heavy atom. The maximum absolute atomic E-state index is 14.2. The second-order valence-electron chi connectivity index (χ2n) is 11.2. The molecule has 3 nitrogen and oxygen atoms in total.